The molecular formula is C12H11ClFN3O. The van der Waals surface area contributed by atoms with Crippen LogP contribution < -0.4 is 4.74 Å². The molecule has 0 saturated carbocycles. The van der Waals surface area contributed by atoms with Gasteiger partial charge in [0.2, 0.25) is 5.28 Å². The van der Waals surface area contributed by atoms with E-state index in [0.717, 1.165) is 0 Å². The third kappa shape index (κ3) is 2.92. The minimum Gasteiger partial charge on any atom is -0.488 e. The average Bonchev–Trinajstić information content (AvgIpc) is 2.31. The summed E-state index contributed by atoms with van der Waals surface area (Å²) < 4.78 is 19.1. The Morgan fingerprint density at radius 3 is 2.72 bits per heavy atom. The van der Waals surface area contributed by atoms with Gasteiger partial charge in [-0.05, 0) is 43.6 Å². The highest BCUT2D eigenvalue weighted by Crippen LogP contribution is 2.25. The van der Waals surface area contributed by atoms with Gasteiger partial charge in [0, 0.05) is 5.56 Å². The zero-order chi connectivity index (χ0) is 13.1. The molecule has 18 heavy (non-hydrogen) atoms. The van der Waals surface area contributed by atoms with Crippen molar-refractivity contribution >= 4 is 11.6 Å². The SMILES string of the molecule is CC(C)Oc1ccc(-c2cnnc(Cl)n2)cc1F. The smallest absolute Gasteiger partial charge is 0.243 e. The van der Waals surface area contributed by atoms with Gasteiger partial charge in [-0.3, -0.25) is 0 Å². The van der Waals surface area contributed by atoms with Crippen molar-refractivity contribution in [2.24, 2.45) is 0 Å². The standard InChI is InChI=1S/C12H11ClFN3O/c1-7(2)18-11-4-3-8(5-9(11)14)10-6-15-17-12(13)16-10/h3-7H,1-2H3. The van der Waals surface area contributed by atoms with Crippen molar-refractivity contribution in [1.29, 1.82) is 0 Å². The van der Waals surface area contributed by atoms with E-state index in [-0.39, 0.29) is 17.1 Å². The second-order valence-corrected chi connectivity index (χ2v) is 4.26. The van der Waals surface area contributed by atoms with Crippen molar-refractivity contribution in [2.75, 3.05) is 0 Å². The van der Waals surface area contributed by atoms with E-state index in [1.807, 2.05) is 13.8 Å². The summed E-state index contributed by atoms with van der Waals surface area (Å²) in [6.07, 6.45) is 1.34. The average molecular weight is 268 g/mol. The van der Waals surface area contributed by atoms with E-state index in [1.54, 1.807) is 12.1 Å². The van der Waals surface area contributed by atoms with Gasteiger partial charge in [0.1, 0.15) is 0 Å². The van der Waals surface area contributed by atoms with Gasteiger partial charge >= 0.3 is 0 Å². The maximum absolute atomic E-state index is 13.8. The van der Waals surface area contributed by atoms with Crippen LogP contribution in [0.4, 0.5) is 4.39 Å². The molecule has 0 aliphatic heterocycles. The molecule has 0 amide bonds. The normalized spacial score (nSPS) is 10.7. The van der Waals surface area contributed by atoms with Crippen LogP contribution >= 0.6 is 11.6 Å². The van der Waals surface area contributed by atoms with E-state index >= 15 is 0 Å². The summed E-state index contributed by atoms with van der Waals surface area (Å²) in [5.41, 5.74) is 1.03. The Morgan fingerprint density at radius 1 is 1.33 bits per heavy atom. The van der Waals surface area contributed by atoms with E-state index in [1.165, 1.54) is 12.3 Å². The molecule has 0 bridgehead atoms. The van der Waals surface area contributed by atoms with Crippen molar-refractivity contribution in [1.82, 2.24) is 15.2 Å². The molecule has 4 nitrogen and oxygen atoms in total. The molecule has 2 rings (SSSR count). The fraction of sp³-hybridized carbons (Fsp3) is 0.250. The van der Waals surface area contributed by atoms with E-state index in [9.17, 15) is 4.39 Å². The number of nitrogens with zero attached hydrogens (tertiary/aromatic N) is 3. The van der Waals surface area contributed by atoms with Crippen molar-refractivity contribution in [3.63, 3.8) is 0 Å². The molecular weight excluding hydrogens is 257 g/mol. The molecule has 1 aromatic heterocycles. The van der Waals surface area contributed by atoms with Crippen LogP contribution in [0, 0.1) is 5.82 Å². The monoisotopic (exact) mass is 267 g/mol. The lowest BCUT2D eigenvalue weighted by Crippen LogP contribution is -2.06. The highest BCUT2D eigenvalue weighted by molar-refractivity contribution is 6.28. The Balaban J connectivity index is 2.34. The minimum atomic E-state index is -0.448. The summed E-state index contributed by atoms with van der Waals surface area (Å²) in [4.78, 5) is 3.96. The maximum Gasteiger partial charge on any atom is 0.243 e. The number of hydrogen-bond acceptors (Lipinski definition) is 4. The number of halogens is 2. The Morgan fingerprint density at radius 2 is 2.11 bits per heavy atom. The summed E-state index contributed by atoms with van der Waals surface area (Å²) >= 11 is 5.63. The summed E-state index contributed by atoms with van der Waals surface area (Å²) in [6, 6.07) is 4.58. The third-order valence-corrected chi connectivity index (χ3v) is 2.28. The molecule has 1 heterocycles. The second kappa shape index (κ2) is 5.27. The quantitative estimate of drug-likeness (QED) is 0.857. The molecule has 0 radical (unpaired) electrons. The van der Waals surface area contributed by atoms with Crippen LogP contribution in [0.15, 0.2) is 24.4 Å². The number of aromatic nitrogens is 3. The molecule has 0 atom stereocenters. The predicted octanol–water partition coefficient (Wildman–Crippen LogP) is 3.12. The van der Waals surface area contributed by atoms with Gasteiger partial charge in [-0.25, -0.2) is 9.37 Å². The summed E-state index contributed by atoms with van der Waals surface area (Å²) in [6.45, 7) is 3.67. The van der Waals surface area contributed by atoms with E-state index < -0.39 is 5.82 Å². The first-order valence-corrected chi connectivity index (χ1v) is 5.76. The number of ether oxygens (including phenoxy) is 1. The van der Waals surface area contributed by atoms with Gasteiger partial charge in [-0.2, -0.15) is 5.10 Å². The lowest BCUT2D eigenvalue weighted by Gasteiger charge is -2.11. The molecule has 0 spiro atoms. The van der Waals surface area contributed by atoms with E-state index in [4.69, 9.17) is 16.3 Å². The molecule has 0 aliphatic carbocycles. The highest BCUT2D eigenvalue weighted by Gasteiger charge is 2.09. The van der Waals surface area contributed by atoms with Crippen molar-refractivity contribution in [3.8, 4) is 17.0 Å². The molecule has 0 saturated heterocycles. The second-order valence-electron chi connectivity index (χ2n) is 3.92. The van der Waals surface area contributed by atoms with Crippen LogP contribution in [-0.2, 0) is 0 Å². The Bertz CT molecular complexity index is 563. The molecule has 2 aromatic rings. The summed E-state index contributed by atoms with van der Waals surface area (Å²) in [5, 5.41) is 7.22. The van der Waals surface area contributed by atoms with Crippen LogP contribution in [0.5, 0.6) is 5.75 Å². The van der Waals surface area contributed by atoms with E-state index in [2.05, 4.69) is 15.2 Å². The molecule has 94 valence electrons. The number of rotatable bonds is 3. The largest absolute Gasteiger partial charge is 0.488 e. The topological polar surface area (TPSA) is 47.9 Å². The van der Waals surface area contributed by atoms with Gasteiger partial charge in [0.25, 0.3) is 0 Å². The summed E-state index contributed by atoms with van der Waals surface area (Å²) in [5.74, 6) is -0.238. The Labute approximate surface area is 109 Å². The zero-order valence-electron chi connectivity index (χ0n) is 9.89. The van der Waals surface area contributed by atoms with Gasteiger partial charge in [-0.1, -0.05) is 0 Å². The van der Waals surface area contributed by atoms with Crippen LogP contribution in [0.25, 0.3) is 11.3 Å². The Hall–Kier alpha value is -1.75. The molecule has 0 unspecified atom stereocenters. The molecule has 6 heteroatoms. The van der Waals surface area contributed by atoms with Gasteiger partial charge < -0.3 is 4.74 Å². The predicted molar refractivity (Wildman–Crippen MR) is 66.0 cm³/mol. The first kappa shape index (κ1) is 12.7. The molecule has 0 aliphatic rings. The Kier molecular flexibility index (Phi) is 3.72. The fourth-order valence-corrected chi connectivity index (χ4v) is 1.57. The van der Waals surface area contributed by atoms with Crippen LogP contribution in [0.2, 0.25) is 5.28 Å². The fourth-order valence-electron chi connectivity index (χ4n) is 1.43. The first-order valence-electron chi connectivity index (χ1n) is 5.38. The maximum atomic E-state index is 13.8. The van der Waals surface area contributed by atoms with Crippen molar-refractivity contribution in [2.45, 2.75) is 20.0 Å². The van der Waals surface area contributed by atoms with Crippen LogP contribution in [0.1, 0.15) is 13.8 Å². The highest BCUT2D eigenvalue weighted by atomic mass is 35.5. The van der Waals surface area contributed by atoms with Gasteiger partial charge in [0.05, 0.1) is 18.0 Å². The molecule has 0 fully saturated rings. The molecule has 0 N–H and O–H groups in total. The number of benzene rings is 1. The molecule has 1 aromatic carbocycles. The summed E-state index contributed by atoms with van der Waals surface area (Å²) in [7, 11) is 0. The van der Waals surface area contributed by atoms with Crippen molar-refractivity contribution in [3.05, 3.63) is 35.5 Å². The minimum absolute atomic E-state index is 0.0235. The lowest BCUT2D eigenvalue weighted by molar-refractivity contribution is 0.231. The van der Waals surface area contributed by atoms with Gasteiger partial charge in [0.15, 0.2) is 11.6 Å². The van der Waals surface area contributed by atoms with E-state index in [0.29, 0.717) is 11.3 Å². The van der Waals surface area contributed by atoms with Crippen LogP contribution in [-0.4, -0.2) is 21.3 Å². The lowest BCUT2D eigenvalue weighted by atomic mass is 10.1. The van der Waals surface area contributed by atoms with Gasteiger partial charge in [-0.15, -0.1) is 5.10 Å². The first-order chi connectivity index (χ1) is 8.56. The van der Waals surface area contributed by atoms with Crippen LogP contribution in [0.3, 0.4) is 0 Å². The zero-order valence-corrected chi connectivity index (χ0v) is 10.6. The number of hydrogen-bond donors (Lipinski definition) is 0. The third-order valence-electron chi connectivity index (χ3n) is 2.12. The van der Waals surface area contributed by atoms with Crippen molar-refractivity contribution < 1.29 is 9.13 Å².